The highest BCUT2D eigenvalue weighted by atomic mass is 15.3. The third-order valence-corrected chi connectivity index (χ3v) is 5.53. The zero-order chi connectivity index (χ0) is 13.7. The van der Waals surface area contributed by atoms with Gasteiger partial charge in [0.1, 0.15) is 11.6 Å². The lowest BCUT2D eigenvalue weighted by atomic mass is 9.94. The van der Waals surface area contributed by atoms with Crippen LogP contribution in [0.25, 0.3) is 0 Å². The van der Waals surface area contributed by atoms with Crippen molar-refractivity contribution in [2.45, 2.75) is 76.9 Å². The molecule has 1 aromatic heterocycles. The Balaban J connectivity index is 1.45. The van der Waals surface area contributed by atoms with E-state index in [1.165, 1.54) is 43.8 Å². The van der Waals surface area contributed by atoms with Crippen LogP contribution in [-0.4, -0.2) is 26.8 Å². The molecule has 0 spiro atoms. The average Bonchev–Trinajstić information content (AvgIpc) is 3.11. The lowest BCUT2D eigenvalue weighted by Crippen LogP contribution is -2.45. The van der Waals surface area contributed by atoms with Gasteiger partial charge in [-0.1, -0.05) is 26.7 Å². The Morgan fingerprint density at radius 1 is 1.20 bits per heavy atom. The minimum atomic E-state index is 0.470. The molecule has 3 aliphatic rings. The van der Waals surface area contributed by atoms with Crippen molar-refractivity contribution in [1.82, 2.24) is 20.1 Å². The minimum Gasteiger partial charge on any atom is -0.313 e. The summed E-state index contributed by atoms with van der Waals surface area (Å²) < 4.78 is 2.37. The minimum absolute atomic E-state index is 0.470. The lowest BCUT2D eigenvalue weighted by Gasteiger charge is -2.32. The zero-order valence-electron chi connectivity index (χ0n) is 12.7. The van der Waals surface area contributed by atoms with Crippen LogP contribution in [0.1, 0.15) is 63.5 Å². The molecule has 2 saturated carbocycles. The topological polar surface area (TPSA) is 42.7 Å². The summed E-state index contributed by atoms with van der Waals surface area (Å²) in [6.07, 6.45) is 8.10. The number of nitrogens with zero attached hydrogens (tertiary/aromatic N) is 3. The summed E-state index contributed by atoms with van der Waals surface area (Å²) in [4.78, 5) is 0. The molecule has 1 aromatic rings. The number of hydrogen-bond donors (Lipinski definition) is 1. The molecule has 1 aliphatic heterocycles. The zero-order valence-corrected chi connectivity index (χ0v) is 12.7. The van der Waals surface area contributed by atoms with Crippen molar-refractivity contribution in [2.24, 2.45) is 11.8 Å². The molecular formula is C16H26N4. The van der Waals surface area contributed by atoms with E-state index in [9.17, 15) is 0 Å². The highest BCUT2D eigenvalue weighted by Gasteiger charge is 2.45. The van der Waals surface area contributed by atoms with Crippen LogP contribution in [0.15, 0.2) is 0 Å². The van der Waals surface area contributed by atoms with Crippen LogP contribution in [0.4, 0.5) is 0 Å². The fourth-order valence-electron chi connectivity index (χ4n) is 4.33. The fraction of sp³-hybridized carbons (Fsp3) is 0.875. The first kappa shape index (κ1) is 12.8. The summed E-state index contributed by atoms with van der Waals surface area (Å²) in [6.45, 7) is 5.50. The van der Waals surface area contributed by atoms with Gasteiger partial charge in [0.2, 0.25) is 0 Å². The van der Waals surface area contributed by atoms with Crippen LogP contribution in [0.5, 0.6) is 0 Å². The third kappa shape index (κ3) is 2.18. The van der Waals surface area contributed by atoms with Crippen molar-refractivity contribution in [3.05, 3.63) is 11.6 Å². The molecule has 4 rings (SSSR count). The molecule has 2 heterocycles. The monoisotopic (exact) mass is 274 g/mol. The van der Waals surface area contributed by atoms with Gasteiger partial charge in [-0.2, -0.15) is 0 Å². The number of hydrogen-bond acceptors (Lipinski definition) is 3. The number of fused-ring (bicyclic) bond motifs is 2. The largest absolute Gasteiger partial charge is 0.313 e. The van der Waals surface area contributed by atoms with Crippen molar-refractivity contribution < 1.29 is 0 Å². The Kier molecular flexibility index (Phi) is 3.09. The van der Waals surface area contributed by atoms with Gasteiger partial charge in [-0.15, -0.1) is 10.2 Å². The van der Waals surface area contributed by atoms with Gasteiger partial charge >= 0.3 is 0 Å². The maximum absolute atomic E-state index is 4.39. The Labute approximate surface area is 121 Å². The van der Waals surface area contributed by atoms with Crippen LogP contribution >= 0.6 is 0 Å². The van der Waals surface area contributed by atoms with E-state index < -0.39 is 0 Å². The molecule has 1 N–H and O–H groups in total. The van der Waals surface area contributed by atoms with Crippen LogP contribution in [0, 0.1) is 11.8 Å². The molecule has 0 radical (unpaired) electrons. The standard InChI is InChI=1S/C16H26N4/c1-10(2)16-19-18-15-7-6-12(9-20(15)16)17-14-5-3-4-11-8-13(11)14/h10-14,17H,3-9H2,1-2H3/t11-,12?,13+,14?/m1/s1. The van der Waals surface area contributed by atoms with E-state index >= 15 is 0 Å². The molecule has 0 bridgehead atoms. The molecule has 0 aromatic carbocycles. The summed E-state index contributed by atoms with van der Waals surface area (Å²) in [5.41, 5.74) is 0. The second kappa shape index (κ2) is 4.83. The third-order valence-electron chi connectivity index (χ3n) is 5.53. The summed E-state index contributed by atoms with van der Waals surface area (Å²) in [5.74, 6) is 4.88. The summed E-state index contributed by atoms with van der Waals surface area (Å²) in [5, 5.41) is 12.7. The maximum atomic E-state index is 4.39. The van der Waals surface area contributed by atoms with E-state index in [0.29, 0.717) is 12.0 Å². The van der Waals surface area contributed by atoms with E-state index in [4.69, 9.17) is 0 Å². The molecule has 4 nitrogen and oxygen atoms in total. The van der Waals surface area contributed by atoms with E-state index in [1.54, 1.807) is 0 Å². The average molecular weight is 274 g/mol. The second-order valence-corrected chi connectivity index (χ2v) is 7.34. The fourth-order valence-corrected chi connectivity index (χ4v) is 4.33. The van der Waals surface area contributed by atoms with Crippen LogP contribution in [0.2, 0.25) is 0 Å². The van der Waals surface area contributed by atoms with E-state index in [1.807, 2.05) is 0 Å². The van der Waals surface area contributed by atoms with Crippen molar-refractivity contribution >= 4 is 0 Å². The Hall–Kier alpha value is -0.900. The van der Waals surface area contributed by atoms with Gasteiger partial charge < -0.3 is 9.88 Å². The van der Waals surface area contributed by atoms with Gasteiger partial charge in [0.15, 0.2) is 0 Å². The maximum Gasteiger partial charge on any atom is 0.135 e. The molecule has 2 unspecified atom stereocenters. The van der Waals surface area contributed by atoms with Crippen LogP contribution in [0.3, 0.4) is 0 Å². The smallest absolute Gasteiger partial charge is 0.135 e. The van der Waals surface area contributed by atoms with Gasteiger partial charge in [-0.05, 0) is 31.1 Å². The molecule has 110 valence electrons. The van der Waals surface area contributed by atoms with Crippen molar-refractivity contribution in [3.8, 4) is 0 Å². The first-order chi connectivity index (χ1) is 9.72. The molecule has 2 aliphatic carbocycles. The molecular weight excluding hydrogens is 248 g/mol. The number of nitrogens with one attached hydrogen (secondary N) is 1. The van der Waals surface area contributed by atoms with E-state index in [-0.39, 0.29) is 0 Å². The number of aryl methyl sites for hydroxylation is 1. The SMILES string of the molecule is CC(C)c1nnc2n1CC(NC1CCC[C@@H]3C[C@H]13)CC2. The van der Waals surface area contributed by atoms with Gasteiger partial charge in [0, 0.05) is 31.0 Å². The van der Waals surface area contributed by atoms with Crippen LogP contribution in [-0.2, 0) is 13.0 Å². The Morgan fingerprint density at radius 2 is 2.10 bits per heavy atom. The first-order valence-electron chi connectivity index (χ1n) is 8.40. The molecule has 4 atom stereocenters. The first-order valence-corrected chi connectivity index (χ1v) is 8.40. The van der Waals surface area contributed by atoms with Crippen molar-refractivity contribution in [1.29, 1.82) is 0 Å². The Morgan fingerprint density at radius 3 is 2.95 bits per heavy atom. The molecule has 0 amide bonds. The van der Waals surface area contributed by atoms with Crippen molar-refractivity contribution in [3.63, 3.8) is 0 Å². The van der Waals surface area contributed by atoms with Crippen LogP contribution < -0.4 is 5.32 Å². The highest BCUT2D eigenvalue weighted by Crippen LogP contribution is 2.49. The van der Waals surface area contributed by atoms with E-state index in [2.05, 4.69) is 33.9 Å². The normalized spacial score (nSPS) is 35.8. The van der Waals surface area contributed by atoms with Gasteiger partial charge in [0.25, 0.3) is 0 Å². The summed E-state index contributed by atoms with van der Waals surface area (Å²) >= 11 is 0. The summed E-state index contributed by atoms with van der Waals surface area (Å²) in [7, 11) is 0. The van der Waals surface area contributed by atoms with Gasteiger partial charge in [-0.25, -0.2) is 0 Å². The van der Waals surface area contributed by atoms with E-state index in [0.717, 1.165) is 30.8 Å². The predicted octanol–water partition coefficient (Wildman–Crippen LogP) is 2.49. The molecule has 20 heavy (non-hydrogen) atoms. The van der Waals surface area contributed by atoms with Gasteiger partial charge in [0.05, 0.1) is 0 Å². The highest BCUT2D eigenvalue weighted by molar-refractivity contribution is 5.06. The molecule has 0 saturated heterocycles. The van der Waals surface area contributed by atoms with Crippen molar-refractivity contribution in [2.75, 3.05) is 0 Å². The lowest BCUT2D eigenvalue weighted by molar-refractivity contribution is 0.278. The molecule has 2 fully saturated rings. The van der Waals surface area contributed by atoms with Gasteiger partial charge in [-0.3, -0.25) is 0 Å². The molecule has 4 heteroatoms. The second-order valence-electron chi connectivity index (χ2n) is 7.34. The number of rotatable bonds is 3. The number of aromatic nitrogens is 3. The Bertz CT molecular complexity index is 493. The summed E-state index contributed by atoms with van der Waals surface area (Å²) in [6, 6.07) is 1.42. The quantitative estimate of drug-likeness (QED) is 0.921. The predicted molar refractivity (Wildman–Crippen MR) is 78.6 cm³/mol.